The summed E-state index contributed by atoms with van der Waals surface area (Å²) < 4.78 is 10.5. The van der Waals surface area contributed by atoms with Gasteiger partial charge in [-0.2, -0.15) is 0 Å². The predicted molar refractivity (Wildman–Crippen MR) is 103 cm³/mol. The van der Waals surface area contributed by atoms with Crippen molar-refractivity contribution in [3.8, 4) is 11.5 Å². The number of halogens is 1. The van der Waals surface area contributed by atoms with Crippen LogP contribution in [0.3, 0.4) is 0 Å². The summed E-state index contributed by atoms with van der Waals surface area (Å²) >= 11 is 7.60. The van der Waals surface area contributed by atoms with E-state index in [-0.39, 0.29) is 5.91 Å². The Morgan fingerprint density at radius 1 is 1.24 bits per heavy atom. The minimum Gasteiger partial charge on any atom is -0.493 e. The number of amidine groups is 1. The molecule has 0 atom stereocenters. The maximum atomic E-state index is 12.2. The third-order valence-corrected chi connectivity index (χ3v) is 5.48. The first-order valence-corrected chi connectivity index (χ1v) is 9.50. The molecule has 1 heterocycles. The minimum absolute atomic E-state index is 0.134. The van der Waals surface area contributed by atoms with Crippen molar-refractivity contribution in [3.63, 3.8) is 0 Å². The van der Waals surface area contributed by atoms with Crippen LogP contribution in [0.2, 0.25) is 5.02 Å². The summed E-state index contributed by atoms with van der Waals surface area (Å²) in [5.41, 5.74) is 0.777. The fraction of sp³-hybridized carbons (Fsp3) is 0.444. The molecule has 1 aromatic rings. The molecule has 1 N–H and O–H groups in total. The maximum Gasteiger partial charge on any atom is 0.264 e. The molecule has 7 heteroatoms. The molecule has 1 saturated heterocycles. The van der Waals surface area contributed by atoms with E-state index in [4.69, 9.17) is 26.1 Å². The molecule has 0 spiro atoms. The summed E-state index contributed by atoms with van der Waals surface area (Å²) in [6.45, 7) is 0. The molecule has 1 aromatic carbocycles. The van der Waals surface area contributed by atoms with Gasteiger partial charge in [-0.3, -0.25) is 9.79 Å². The summed E-state index contributed by atoms with van der Waals surface area (Å²) in [6, 6.07) is 3.87. The quantitative estimate of drug-likeness (QED) is 0.793. The predicted octanol–water partition coefficient (Wildman–Crippen LogP) is 4.25. The van der Waals surface area contributed by atoms with Gasteiger partial charge >= 0.3 is 0 Å². The number of aliphatic imine (C=N–C) groups is 1. The van der Waals surface area contributed by atoms with E-state index in [1.807, 2.05) is 0 Å². The van der Waals surface area contributed by atoms with E-state index in [0.29, 0.717) is 32.6 Å². The fourth-order valence-electron chi connectivity index (χ4n) is 3.04. The molecule has 2 aliphatic rings. The Kier molecular flexibility index (Phi) is 5.91. The molecular formula is C18H21ClN2O3S. The Labute approximate surface area is 156 Å². The molecule has 25 heavy (non-hydrogen) atoms. The van der Waals surface area contributed by atoms with Gasteiger partial charge in [-0.15, -0.1) is 0 Å². The molecular weight excluding hydrogens is 360 g/mol. The molecule has 0 unspecified atom stereocenters. The van der Waals surface area contributed by atoms with E-state index in [1.54, 1.807) is 25.3 Å². The molecule has 1 aliphatic carbocycles. The van der Waals surface area contributed by atoms with Crippen molar-refractivity contribution < 1.29 is 14.3 Å². The number of amides is 1. The number of nitrogens with one attached hydrogen (secondary N) is 1. The number of carbonyl (C=O) groups is 1. The van der Waals surface area contributed by atoms with Gasteiger partial charge in [0.25, 0.3) is 5.91 Å². The second-order valence-electron chi connectivity index (χ2n) is 6.03. The lowest BCUT2D eigenvalue weighted by Crippen LogP contribution is -2.22. The molecule has 5 nitrogen and oxygen atoms in total. The Morgan fingerprint density at radius 3 is 2.68 bits per heavy atom. The van der Waals surface area contributed by atoms with Crippen LogP contribution < -0.4 is 14.8 Å². The first-order chi connectivity index (χ1) is 12.1. The van der Waals surface area contributed by atoms with Crippen molar-refractivity contribution in [3.05, 3.63) is 27.6 Å². The topological polar surface area (TPSA) is 59.9 Å². The van der Waals surface area contributed by atoms with Gasteiger partial charge in [-0.05, 0) is 48.4 Å². The van der Waals surface area contributed by atoms with Crippen molar-refractivity contribution in [2.24, 2.45) is 4.99 Å². The SMILES string of the molecule is COc1cc(/C=C2/SC(=NC3CCCCC3)NC2=O)cc(Cl)c1OC. The average Bonchev–Trinajstić information content (AvgIpc) is 2.94. The third kappa shape index (κ3) is 4.30. The maximum absolute atomic E-state index is 12.2. The largest absolute Gasteiger partial charge is 0.493 e. The van der Waals surface area contributed by atoms with Gasteiger partial charge in [-0.25, -0.2) is 0 Å². The van der Waals surface area contributed by atoms with Crippen LogP contribution in [-0.4, -0.2) is 31.3 Å². The van der Waals surface area contributed by atoms with Crippen molar-refractivity contribution in [2.45, 2.75) is 38.1 Å². The van der Waals surface area contributed by atoms with Crippen molar-refractivity contribution in [1.29, 1.82) is 0 Å². The second-order valence-corrected chi connectivity index (χ2v) is 7.47. The normalized spacial score (nSPS) is 21.6. The van der Waals surface area contributed by atoms with Crippen LogP contribution in [0, 0.1) is 0 Å². The lowest BCUT2D eigenvalue weighted by atomic mass is 9.96. The van der Waals surface area contributed by atoms with Crippen molar-refractivity contribution >= 4 is 40.5 Å². The fourth-order valence-corrected chi connectivity index (χ4v) is 4.23. The number of methoxy groups -OCH3 is 2. The van der Waals surface area contributed by atoms with Crippen LogP contribution in [0.5, 0.6) is 11.5 Å². The third-order valence-electron chi connectivity index (χ3n) is 4.28. The van der Waals surface area contributed by atoms with Crippen LogP contribution in [0.25, 0.3) is 6.08 Å². The zero-order valence-corrected chi connectivity index (χ0v) is 15.9. The van der Waals surface area contributed by atoms with E-state index < -0.39 is 0 Å². The van der Waals surface area contributed by atoms with Gasteiger partial charge in [0.05, 0.1) is 30.2 Å². The Morgan fingerprint density at radius 2 is 2.00 bits per heavy atom. The molecule has 0 radical (unpaired) electrons. The van der Waals surface area contributed by atoms with Crippen molar-refractivity contribution in [1.82, 2.24) is 5.32 Å². The Balaban J connectivity index is 1.80. The van der Waals surface area contributed by atoms with Crippen molar-refractivity contribution in [2.75, 3.05) is 14.2 Å². The molecule has 0 bridgehead atoms. The standard InChI is InChI=1S/C18H21ClN2O3S/c1-23-14-9-11(8-13(19)16(14)24-2)10-15-17(22)21-18(25-15)20-12-6-4-3-5-7-12/h8-10,12H,3-7H2,1-2H3,(H,20,21,22)/b15-10+. The number of nitrogens with zero attached hydrogens (tertiary/aromatic N) is 1. The van der Waals surface area contributed by atoms with E-state index >= 15 is 0 Å². The number of hydrogen-bond donors (Lipinski definition) is 1. The van der Waals surface area contributed by atoms with Crippen LogP contribution in [0.1, 0.15) is 37.7 Å². The number of carbonyl (C=O) groups excluding carboxylic acids is 1. The second kappa shape index (κ2) is 8.15. The number of hydrogen-bond acceptors (Lipinski definition) is 5. The molecule has 3 rings (SSSR count). The molecule has 2 fully saturated rings. The monoisotopic (exact) mass is 380 g/mol. The Bertz CT molecular complexity index is 727. The van der Waals surface area contributed by atoms with Crippen LogP contribution >= 0.6 is 23.4 Å². The minimum atomic E-state index is -0.134. The zero-order chi connectivity index (χ0) is 17.8. The Hall–Kier alpha value is -1.66. The summed E-state index contributed by atoms with van der Waals surface area (Å²) in [6.07, 6.45) is 7.71. The summed E-state index contributed by atoms with van der Waals surface area (Å²) in [4.78, 5) is 17.5. The smallest absolute Gasteiger partial charge is 0.264 e. The van der Waals surface area contributed by atoms with Gasteiger partial charge in [-0.1, -0.05) is 30.9 Å². The number of thioether (sulfide) groups is 1. The van der Waals surface area contributed by atoms with E-state index in [0.717, 1.165) is 18.4 Å². The van der Waals surface area contributed by atoms with E-state index in [1.165, 1.54) is 38.1 Å². The number of benzene rings is 1. The summed E-state index contributed by atoms with van der Waals surface area (Å²) in [5, 5.41) is 3.98. The summed E-state index contributed by atoms with van der Waals surface area (Å²) in [7, 11) is 3.09. The van der Waals surface area contributed by atoms with Crippen LogP contribution in [0.15, 0.2) is 22.0 Å². The molecule has 1 saturated carbocycles. The first-order valence-electron chi connectivity index (χ1n) is 8.31. The van der Waals surface area contributed by atoms with Gasteiger partial charge in [0, 0.05) is 0 Å². The highest BCUT2D eigenvalue weighted by molar-refractivity contribution is 8.18. The highest BCUT2D eigenvalue weighted by Gasteiger charge is 2.25. The lowest BCUT2D eigenvalue weighted by molar-refractivity contribution is -0.115. The van der Waals surface area contributed by atoms with Crippen LogP contribution in [-0.2, 0) is 4.79 Å². The number of rotatable bonds is 4. The molecule has 1 aliphatic heterocycles. The highest BCUT2D eigenvalue weighted by atomic mass is 35.5. The zero-order valence-electron chi connectivity index (χ0n) is 14.3. The first kappa shape index (κ1) is 18.1. The van der Waals surface area contributed by atoms with E-state index in [9.17, 15) is 4.79 Å². The lowest BCUT2D eigenvalue weighted by Gasteiger charge is -2.17. The van der Waals surface area contributed by atoms with Gasteiger partial charge in [0.1, 0.15) is 0 Å². The molecule has 1 amide bonds. The summed E-state index contributed by atoms with van der Waals surface area (Å²) in [5.74, 6) is 0.876. The molecule has 134 valence electrons. The number of ether oxygens (including phenoxy) is 2. The van der Waals surface area contributed by atoms with Gasteiger partial charge in [0.15, 0.2) is 16.7 Å². The van der Waals surface area contributed by atoms with Gasteiger partial charge < -0.3 is 14.8 Å². The van der Waals surface area contributed by atoms with Gasteiger partial charge in [0.2, 0.25) is 0 Å². The van der Waals surface area contributed by atoms with Crippen LogP contribution in [0.4, 0.5) is 0 Å². The van der Waals surface area contributed by atoms with E-state index in [2.05, 4.69) is 5.32 Å². The average molecular weight is 381 g/mol. The highest BCUT2D eigenvalue weighted by Crippen LogP contribution is 2.37. The molecule has 0 aromatic heterocycles.